The second kappa shape index (κ2) is 4.53. The Kier molecular flexibility index (Phi) is 3.22. The summed E-state index contributed by atoms with van der Waals surface area (Å²) in [6.07, 6.45) is 1.62. The predicted molar refractivity (Wildman–Crippen MR) is 70.3 cm³/mol. The second-order valence-corrected chi connectivity index (χ2v) is 4.81. The number of aryl methyl sites for hydroxylation is 3. The van der Waals surface area contributed by atoms with Crippen molar-refractivity contribution in [2.45, 2.75) is 39.8 Å². The molecule has 0 spiro atoms. The molecule has 96 valence electrons. The summed E-state index contributed by atoms with van der Waals surface area (Å²) in [6, 6.07) is 6.00. The lowest BCUT2D eigenvalue weighted by atomic mass is 9.90. The van der Waals surface area contributed by atoms with Gasteiger partial charge < -0.3 is 5.11 Å². The van der Waals surface area contributed by atoms with Crippen molar-refractivity contribution >= 4 is 0 Å². The average Bonchev–Trinajstić information content (AvgIpc) is 2.81. The first-order valence-electron chi connectivity index (χ1n) is 6.16. The van der Waals surface area contributed by atoms with Crippen LogP contribution in [0.15, 0.2) is 24.4 Å². The van der Waals surface area contributed by atoms with Gasteiger partial charge in [0.15, 0.2) is 0 Å². The van der Waals surface area contributed by atoms with Crippen molar-refractivity contribution in [2.24, 2.45) is 0 Å². The first-order chi connectivity index (χ1) is 8.46. The summed E-state index contributed by atoms with van der Waals surface area (Å²) < 4.78 is 1.72. The van der Waals surface area contributed by atoms with Crippen LogP contribution in [0.2, 0.25) is 0 Å². The molecular weight excluding hydrogens is 226 g/mol. The summed E-state index contributed by atoms with van der Waals surface area (Å²) >= 11 is 0. The van der Waals surface area contributed by atoms with Crippen LogP contribution in [0.4, 0.5) is 0 Å². The van der Waals surface area contributed by atoms with Crippen molar-refractivity contribution in [2.75, 3.05) is 0 Å². The van der Waals surface area contributed by atoms with Gasteiger partial charge in [-0.3, -0.25) is 0 Å². The van der Waals surface area contributed by atoms with Gasteiger partial charge in [-0.05, 0) is 44.4 Å². The van der Waals surface area contributed by atoms with E-state index < -0.39 is 5.60 Å². The minimum Gasteiger partial charge on any atom is -0.379 e. The van der Waals surface area contributed by atoms with Crippen LogP contribution in [0.3, 0.4) is 0 Å². The molecule has 1 atom stereocenters. The highest BCUT2D eigenvalue weighted by Gasteiger charge is 2.30. The van der Waals surface area contributed by atoms with Gasteiger partial charge in [0.05, 0.1) is 11.9 Å². The predicted octanol–water partition coefficient (Wildman–Crippen LogP) is 2.17. The molecule has 4 nitrogen and oxygen atoms in total. The van der Waals surface area contributed by atoms with Crippen molar-refractivity contribution in [1.29, 1.82) is 0 Å². The van der Waals surface area contributed by atoms with Crippen LogP contribution in [0, 0.1) is 13.8 Å². The molecular formula is C14H19N3O. The summed E-state index contributed by atoms with van der Waals surface area (Å²) in [6.45, 7) is 8.56. The Morgan fingerprint density at radius 2 is 2.00 bits per heavy atom. The van der Waals surface area contributed by atoms with E-state index in [9.17, 15) is 5.11 Å². The van der Waals surface area contributed by atoms with Crippen molar-refractivity contribution in [1.82, 2.24) is 15.0 Å². The maximum absolute atomic E-state index is 10.8. The molecule has 2 rings (SSSR count). The average molecular weight is 245 g/mol. The Balaban J connectivity index is 2.50. The van der Waals surface area contributed by atoms with Gasteiger partial charge in [0, 0.05) is 6.54 Å². The number of hydrogen-bond donors (Lipinski definition) is 1. The number of aliphatic hydroxyl groups is 1. The zero-order valence-electron chi connectivity index (χ0n) is 11.3. The Labute approximate surface area is 107 Å². The van der Waals surface area contributed by atoms with Crippen LogP contribution in [0.5, 0.6) is 0 Å². The molecule has 0 radical (unpaired) electrons. The lowest BCUT2D eigenvalue weighted by Crippen LogP contribution is -2.27. The van der Waals surface area contributed by atoms with E-state index in [0.29, 0.717) is 12.2 Å². The fourth-order valence-corrected chi connectivity index (χ4v) is 2.06. The van der Waals surface area contributed by atoms with E-state index in [-0.39, 0.29) is 0 Å². The van der Waals surface area contributed by atoms with Gasteiger partial charge in [0.2, 0.25) is 0 Å². The third kappa shape index (κ3) is 2.04. The highest BCUT2D eigenvalue weighted by molar-refractivity contribution is 5.36. The molecule has 0 amide bonds. The molecule has 0 aliphatic heterocycles. The lowest BCUT2D eigenvalue weighted by molar-refractivity contribution is 0.0917. The van der Waals surface area contributed by atoms with E-state index in [0.717, 1.165) is 5.56 Å². The molecule has 1 N–H and O–H groups in total. The minimum absolute atomic E-state index is 0.691. The molecule has 2 aromatic rings. The quantitative estimate of drug-likeness (QED) is 0.901. The van der Waals surface area contributed by atoms with Gasteiger partial charge in [-0.2, -0.15) is 0 Å². The third-order valence-electron chi connectivity index (χ3n) is 3.49. The number of aromatic nitrogens is 3. The Hall–Kier alpha value is -1.68. The van der Waals surface area contributed by atoms with Gasteiger partial charge in [-0.1, -0.05) is 23.4 Å². The molecule has 1 heterocycles. The van der Waals surface area contributed by atoms with E-state index in [2.05, 4.69) is 17.2 Å². The fourth-order valence-electron chi connectivity index (χ4n) is 2.06. The minimum atomic E-state index is -1.07. The van der Waals surface area contributed by atoms with Gasteiger partial charge in [0.25, 0.3) is 0 Å². The van der Waals surface area contributed by atoms with E-state index in [1.165, 1.54) is 11.1 Å². The van der Waals surface area contributed by atoms with E-state index in [4.69, 9.17) is 0 Å². The van der Waals surface area contributed by atoms with Crippen LogP contribution in [0.1, 0.15) is 36.2 Å². The van der Waals surface area contributed by atoms with Gasteiger partial charge >= 0.3 is 0 Å². The number of nitrogens with zero attached hydrogens (tertiary/aromatic N) is 3. The highest BCUT2D eigenvalue weighted by atomic mass is 16.3. The Bertz CT molecular complexity index is 558. The third-order valence-corrected chi connectivity index (χ3v) is 3.49. The zero-order chi connectivity index (χ0) is 13.3. The summed E-state index contributed by atoms with van der Waals surface area (Å²) in [5.74, 6) is 0. The van der Waals surface area contributed by atoms with E-state index >= 15 is 0 Å². The van der Waals surface area contributed by atoms with E-state index in [1.807, 2.05) is 32.0 Å². The van der Waals surface area contributed by atoms with Crippen LogP contribution >= 0.6 is 0 Å². The largest absolute Gasteiger partial charge is 0.379 e. The molecule has 1 unspecified atom stereocenters. The Morgan fingerprint density at radius 1 is 1.28 bits per heavy atom. The number of rotatable bonds is 3. The summed E-state index contributed by atoms with van der Waals surface area (Å²) in [4.78, 5) is 0. The molecule has 1 aromatic heterocycles. The zero-order valence-corrected chi connectivity index (χ0v) is 11.3. The second-order valence-electron chi connectivity index (χ2n) is 4.81. The molecule has 0 fully saturated rings. The molecule has 1 aromatic carbocycles. The Morgan fingerprint density at radius 3 is 2.61 bits per heavy atom. The first-order valence-corrected chi connectivity index (χ1v) is 6.16. The van der Waals surface area contributed by atoms with Crippen LogP contribution < -0.4 is 0 Å². The summed E-state index contributed by atoms with van der Waals surface area (Å²) in [7, 11) is 0. The molecule has 18 heavy (non-hydrogen) atoms. The smallest absolute Gasteiger partial charge is 0.130 e. The van der Waals surface area contributed by atoms with Gasteiger partial charge in [-0.25, -0.2) is 4.68 Å². The van der Waals surface area contributed by atoms with Crippen molar-refractivity contribution in [3.05, 3.63) is 46.8 Å². The summed E-state index contributed by atoms with van der Waals surface area (Å²) in [5, 5.41) is 18.6. The normalized spacial score (nSPS) is 14.5. The molecule has 0 aliphatic rings. The van der Waals surface area contributed by atoms with Crippen LogP contribution in [-0.2, 0) is 12.1 Å². The van der Waals surface area contributed by atoms with Gasteiger partial charge in [0.1, 0.15) is 5.60 Å². The lowest BCUT2D eigenvalue weighted by Gasteiger charge is -2.24. The van der Waals surface area contributed by atoms with Crippen molar-refractivity contribution in [3.63, 3.8) is 0 Å². The molecule has 0 saturated heterocycles. The van der Waals surface area contributed by atoms with Crippen molar-refractivity contribution < 1.29 is 5.11 Å². The number of benzene rings is 1. The van der Waals surface area contributed by atoms with E-state index in [1.54, 1.807) is 17.8 Å². The summed E-state index contributed by atoms with van der Waals surface area (Å²) in [5.41, 5.74) is 2.90. The molecule has 0 aliphatic carbocycles. The maximum atomic E-state index is 10.8. The molecule has 4 heteroatoms. The van der Waals surface area contributed by atoms with Crippen LogP contribution in [0.25, 0.3) is 0 Å². The first kappa shape index (κ1) is 12.8. The van der Waals surface area contributed by atoms with Crippen molar-refractivity contribution in [3.8, 4) is 0 Å². The fraction of sp³-hybridized carbons (Fsp3) is 0.429. The molecule has 0 saturated carbocycles. The van der Waals surface area contributed by atoms with Crippen LogP contribution in [-0.4, -0.2) is 20.1 Å². The highest BCUT2D eigenvalue weighted by Crippen LogP contribution is 2.29. The number of hydrogen-bond acceptors (Lipinski definition) is 3. The monoisotopic (exact) mass is 245 g/mol. The maximum Gasteiger partial charge on any atom is 0.130 e. The SMILES string of the molecule is CCn1nncc1C(C)(O)c1ccc(C)c(C)c1. The standard InChI is InChI=1S/C14H19N3O/c1-5-17-13(9-15-16-17)14(4,18)12-7-6-10(2)11(3)8-12/h6-9,18H,5H2,1-4H3. The molecule has 0 bridgehead atoms. The topological polar surface area (TPSA) is 50.9 Å². The van der Waals surface area contributed by atoms with Gasteiger partial charge in [-0.15, -0.1) is 5.10 Å².